The Morgan fingerprint density at radius 1 is 1.19 bits per heavy atom. The van der Waals surface area contributed by atoms with Crippen molar-refractivity contribution in [2.75, 3.05) is 13.1 Å². The van der Waals surface area contributed by atoms with Crippen LogP contribution in [0.2, 0.25) is 0 Å². The molecule has 1 aliphatic carbocycles. The maximum atomic E-state index is 6.03. The SMILES string of the molecule is CCC(N)CCN1CCC[C@H]2CCCC[C@H]21. The van der Waals surface area contributed by atoms with Crippen LogP contribution < -0.4 is 5.73 Å². The molecule has 0 radical (unpaired) electrons. The molecule has 16 heavy (non-hydrogen) atoms. The van der Waals surface area contributed by atoms with Crippen LogP contribution in [0.4, 0.5) is 0 Å². The van der Waals surface area contributed by atoms with Crippen LogP contribution in [0.5, 0.6) is 0 Å². The van der Waals surface area contributed by atoms with Gasteiger partial charge >= 0.3 is 0 Å². The van der Waals surface area contributed by atoms with Crippen molar-refractivity contribution < 1.29 is 0 Å². The van der Waals surface area contributed by atoms with E-state index in [4.69, 9.17) is 5.73 Å². The lowest BCUT2D eigenvalue weighted by atomic mass is 9.78. The lowest BCUT2D eigenvalue weighted by Gasteiger charge is -2.44. The zero-order chi connectivity index (χ0) is 11.4. The van der Waals surface area contributed by atoms with Crippen molar-refractivity contribution >= 4 is 0 Å². The Hall–Kier alpha value is -0.0800. The molecule has 94 valence electrons. The van der Waals surface area contributed by atoms with Crippen molar-refractivity contribution in [2.45, 2.75) is 70.4 Å². The van der Waals surface area contributed by atoms with Crippen LogP contribution in [-0.2, 0) is 0 Å². The third-order valence-corrected chi connectivity index (χ3v) is 4.67. The molecule has 2 fully saturated rings. The maximum Gasteiger partial charge on any atom is 0.0123 e. The lowest BCUT2D eigenvalue weighted by molar-refractivity contribution is 0.0585. The molecule has 0 bridgehead atoms. The van der Waals surface area contributed by atoms with Gasteiger partial charge in [-0.25, -0.2) is 0 Å². The Morgan fingerprint density at radius 2 is 1.94 bits per heavy atom. The minimum atomic E-state index is 0.420. The van der Waals surface area contributed by atoms with Gasteiger partial charge in [0.25, 0.3) is 0 Å². The number of piperidine rings is 1. The van der Waals surface area contributed by atoms with E-state index in [2.05, 4.69) is 11.8 Å². The number of rotatable bonds is 4. The molecule has 1 unspecified atom stereocenters. The normalized spacial score (nSPS) is 33.4. The van der Waals surface area contributed by atoms with E-state index >= 15 is 0 Å². The van der Waals surface area contributed by atoms with Gasteiger partial charge in [0.1, 0.15) is 0 Å². The molecule has 1 heterocycles. The second-order valence-electron chi connectivity index (χ2n) is 5.75. The molecule has 0 aromatic rings. The van der Waals surface area contributed by atoms with E-state index in [1.165, 1.54) is 58.0 Å². The number of nitrogens with two attached hydrogens (primary N) is 1. The van der Waals surface area contributed by atoms with E-state index in [-0.39, 0.29) is 0 Å². The first-order valence-electron chi connectivity index (χ1n) is 7.31. The quantitative estimate of drug-likeness (QED) is 0.795. The number of hydrogen-bond acceptors (Lipinski definition) is 2. The topological polar surface area (TPSA) is 29.3 Å². The Bertz CT molecular complexity index is 203. The molecule has 2 aliphatic rings. The average Bonchev–Trinajstić information content (AvgIpc) is 2.35. The highest BCUT2D eigenvalue weighted by Crippen LogP contribution is 2.35. The molecule has 2 N–H and O–H groups in total. The van der Waals surface area contributed by atoms with E-state index in [1.54, 1.807) is 0 Å². The van der Waals surface area contributed by atoms with E-state index in [0.29, 0.717) is 6.04 Å². The van der Waals surface area contributed by atoms with Gasteiger partial charge in [0.05, 0.1) is 0 Å². The highest BCUT2D eigenvalue weighted by molar-refractivity contribution is 4.87. The molecule has 2 nitrogen and oxygen atoms in total. The van der Waals surface area contributed by atoms with E-state index in [0.717, 1.165) is 18.4 Å². The zero-order valence-electron chi connectivity index (χ0n) is 10.8. The van der Waals surface area contributed by atoms with Crippen molar-refractivity contribution in [1.82, 2.24) is 4.90 Å². The summed E-state index contributed by atoms with van der Waals surface area (Å²) in [7, 11) is 0. The standard InChI is InChI=1S/C14H28N2/c1-2-13(15)9-11-16-10-5-7-12-6-3-4-8-14(12)16/h12-14H,2-11,15H2,1H3/t12-,13?,14-/m1/s1. The number of likely N-dealkylation sites (tertiary alicyclic amines) is 1. The molecule has 0 spiro atoms. The largest absolute Gasteiger partial charge is 0.328 e. The first-order chi connectivity index (χ1) is 7.81. The van der Waals surface area contributed by atoms with Gasteiger partial charge in [0, 0.05) is 12.1 Å². The monoisotopic (exact) mass is 224 g/mol. The molecule has 2 heteroatoms. The lowest BCUT2D eigenvalue weighted by Crippen LogP contribution is -2.47. The molecular weight excluding hydrogens is 196 g/mol. The number of fused-ring (bicyclic) bond motifs is 1. The van der Waals surface area contributed by atoms with Crippen molar-refractivity contribution in [3.05, 3.63) is 0 Å². The highest BCUT2D eigenvalue weighted by atomic mass is 15.2. The molecule has 0 amide bonds. The zero-order valence-corrected chi connectivity index (χ0v) is 10.8. The average molecular weight is 224 g/mol. The van der Waals surface area contributed by atoms with Crippen LogP contribution in [0.25, 0.3) is 0 Å². The summed E-state index contributed by atoms with van der Waals surface area (Å²) in [5.74, 6) is 1.01. The van der Waals surface area contributed by atoms with Crippen LogP contribution in [0.1, 0.15) is 58.3 Å². The fourth-order valence-corrected chi connectivity index (χ4v) is 3.54. The molecule has 1 aliphatic heterocycles. The summed E-state index contributed by atoms with van der Waals surface area (Å²) in [5.41, 5.74) is 6.03. The summed E-state index contributed by atoms with van der Waals surface area (Å²) in [6.45, 7) is 4.78. The molecule has 1 saturated carbocycles. The second kappa shape index (κ2) is 6.02. The smallest absolute Gasteiger partial charge is 0.0123 e. The Morgan fingerprint density at radius 3 is 2.75 bits per heavy atom. The van der Waals surface area contributed by atoms with Crippen molar-refractivity contribution in [3.8, 4) is 0 Å². The predicted molar refractivity (Wildman–Crippen MR) is 69.4 cm³/mol. The maximum absolute atomic E-state index is 6.03. The molecular formula is C14H28N2. The summed E-state index contributed by atoms with van der Waals surface area (Å²) >= 11 is 0. The summed E-state index contributed by atoms with van der Waals surface area (Å²) < 4.78 is 0. The molecule has 3 atom stereocenters. The summed E-state index contributed by atoms with van der Waals surface area (Å²) in [5, 5.41) is 0. The Kier molecular flexibility index (Phi) is 4.66. The summed E-state index contributed by atoms with van der Waals surface area (Å²) in [6.07, 6.45) is 11.1. The van der Waals surface area contributed by atoms with E-state index in [9.17, 15) is 0 Å². The van der Waals surface area contributed by atoms with Crippen molar-refractivity contribution in [2.24, 2.45) is 11.7 Å². The first-order valence-corrected chi connectivity index (χ1v) is 7.31. The van der Waals surface area contributed by atoms with Gasteiger partial charge < -0.3 is 10.6 Å². The van der Waals surface area contributed by atoms with E-state index in [1.807, 2.05) is 0 Å². The van der Waals surface area contributed by atoms with Gasteiger partial charge in [-0.3, -0.25) is 0 Å². The molecule has 1 saturated heterocycles. The van der Waals surface area contributed by atoms with E-state index < -0.39 is 0 Å². The molecule has 0 aromatic heterocycles. The van der Waals surface area contributed by atoms with Crippen LogP contribution >= 0.6 is 0 Å². The Labute approximate surface area is 101 Å². The fourth-order valence-electron chi connectivity index (χ4n) is 3.54. The minimum absolute atomic E-state index is 0.420. The summed E-state index contributed by atoms with van der Waals surface area (Å²) in [4.78, 5) is 2.75. The van der Waals surface area contributed by atoms with Gasteiger partial charge in [-0.2, -0.15) is 0 Å². The minimum Gasteiger partial charge on any atom is -0.328 e. The highest BCUT2D eigenvalue weighted by Gasteiger charge is 2.32. The second-order valence-corrected chi connectivity index (χ2v) is 5.75. The van der Waals surface area contributed by atoms with Gasteiger partial charge in [-0.05, 0) is 57.5 Å². The van der Waals surface area contributed by atoms with Crippen LogP contribution in [0.15, 0.2) is 0 Å². The number of hydrogen-bond donors (Lipinski definition) is 1. The Balaban J connectivity index is 1.82. The van der Waals surface area contributed by atoms with Gasteiger partial charge in [-0.1, -0.05) is 19.8 Å². The first kappa shape index (κ1) is 12.4. The molecule has 0 aromatic carbocycles. The van der Waals surface area contributed by atoms with Crippen molar-refractivity contribution in [3.63, 3.8) is 0 Å². The third kappa shape index (κ3) is 2.98. The predicted octanol–water partition coefficient (Wildman–Crippen LogP) is 2.77. The van der Waals surface area contributed by atoms with Crippen molar-refractivity contribution in [1.29, 1.82) is 0 Å². The number of nitrogens with zero attached hydrogens (tertiary/aromatic N) is 1. The molecule has 2 rings (SSSR count). The fraction of sp³-hybridized carbons (Fsp3) is 1.00. The van der Waals surface area contributed by atoms with Gasteiger partial charge in [0.15, 0.2) is 0 Å². The summed E-state index contributed by atoms with van der Waals surface area (Å²) in [6, 6.07) is 1.33. The third-order valence-electron chi connectivity index (χ3n) is 4.67. The van der Waals surface area contributed by atoms with Gasteiger partial charge in [0.2, 0.25) is 0 Å². The van der Waals surface area contributed by atoms with Crippen LogP contribution in [0.3, 0.4) is 0 Å². The van der Waals surface area contributed by atoms with Crippen LogP contribution in [0, 0.1) is 5.92 Å². The van der Waals surface area contributed by atoms with Gasteiger partial charge in [-0.15, -0.1) is 0 Å². The van der Waals surface area contributed by atoms with Crippen LogP contribution in [-0.4, -0.2) is 30.1 Å².